The van der Waals surface area contributed by atoms with E-state index in [4.69, 9.17) is 4.74 Å². The molecule has 0 saturated carbocycles. The Kier molecular flexibility index (Phi) is 5.78. The normalized spacial score (nSPS) is 13.0. The van der Waals surface area contributed by atoms with Gasteiger partial charge in [0.05, 0.1) is 0 Å². The van der Waals surface area contributed by atoms with Gasteiger partial charge in [0, 0.05) is 17.7 Å². The zero-order valence-electron chi connectivity index (χ0n) is 12.7. The second-order valence-corrected chi connectivity index (χ2v) is 8.09. The minimum Gasteiger partial charge on any atom is -0.373 e. The van der Waals surface area contributed by atoms with Crippen molar-refractivity contribution in [2.45, 2.75) is 32.0 Å². The molecule has 1 atom stereocenters. The van der Waals surface area contributed by atoms with Crippen LogP contribution in [0.15, 0.2) is 60.7 Å². The van der Waals surface area contributed by atoms with Gasteiger partial charge in [-0.05, 0) is 6.42 Å². The predicted molar refractivity (Wildman–Crippen MR) is 90.1 cm³/mol. The molecule has 112 valence electrons. The van der Waals surface area contributed by atoms with Gasteiger partial charge in [-0.2, -0.15) is 0 Å². The molecule has 0 spiro atoms. The maximum Gasteiger partial charge on any atom is 0.170 e. The summed E-state index contributed by atoms with van der Waals surface area (Å²) in [6.07, 6.45) is 2.90. The molecule has 0 aliphatic heterocycles. The molecular formula is C18H23O2P. The molecule has 0 fully saturated rings. The highest BCUT2D eigenvalue weighted by atomic mass is 31.2. The summed E-state index contributed by atoms with van der Waals surface area (Å²) in [5.41, 5.74) is 0. The highest BCUT2D eigenvalue weighted by Gasteiger charge is 2.36. The number of unbranched alkanes of at least 4 members (excludes halogenated alkanes) is 1. The molecule has 1 unspecified atom stereocenters. The molecule has 0 heterocycles. The van der Waals surface area contributed by atoms with Crippen LogP contribution in [-0.4, -0.2) is 13.0 Å². The summed E-state index contributed by atoms with van der Waals surface area (Å²) in [5.74, 6) is -0.262. The van der Waals surface area contributed by atoms with Gasteiger partial charge in [-0.1, -0.05) is 80.4 Å². The SMILES string of the molecule is CCCCC(OC)P(=O)(c1ccccc1)c1ccccc1. The topological polar surface area (TPSA) is 26.3 Å². The molecule has 2 rings (SSSR count). The molecule has 0 aliphatic carbocycles. The van der Waals surface area contributed by atoms with E-state index < -0.39 is 7.14 Å². The largest absolute Gasteiger partial charge is 0.373 e. The summed E-state index contributed by atoms with van der Waals surface area (Å²) < 4.78 is 19.6. The first kappa shape index (κ1) is 16.0. The lowest BCUT2D eigenvalue weighted by molar-refractivity contribution is 0.155. The van der Waals surface area contributed by atoms with Gasteiger partial charge < -0.3 is 9.30 Å². The van der Waals surface area contributed by atoms with Crippen molar-refractivity contribution in [2.75, 3.05) is 7.11 Å². The van der Waals surface area contributed by atoms with Crippen molar-refractivity contribution in [1.29, 1.82) is 0 Å². The third kappa shape index (κ3) is 3.45. The molecule has 2 nitrogen and oxygen atoms in total. The number of hydrogen-bond acceptors (Lipinski definition) is 2. The highest BCUT2D eigenvalue weighted by Crippen LogP contribution is 2.50. The molecule has 2 aromatic carbocycles. The van der Waals surface area contributed by atoms with Crippen LogP contribution in [0.2, 0.25) is 0 Å². The Balaban J connectivity index is 2.51. The van der Waals surface area contributed by atoms with Crippen molar-refractivity contribution in [3.05, 3.63) is 60.7 Å². The van der Waals surface area contributed by atoms with E-state index >= 15 is 0 Å². The Bertz CT molecular complexity index is 537. The maximum atomic E-state index is 13.9. The Morgan fingerprint density at radius 3 is 1.81 bits per heavy atom. The summed E-state index contributed by atoms with van der Waals surface area (Å²) >= 11 is 0. The van der Waals surface area contributed by atoms with Crippen molar-refractivity contribution in [3.63, 3.8) is 0 Å². The van der Waals surface area contributed by atoms with E-state index in [1.165, 1.54) is 0 Å². The van der Waals surface area contributed by atoms with Crippen LogP contribution < -0.4 is 10.6 Å². The Morgan fingerprint density at radius 2 is 1.43 bits per heavy atom. The molecule has 3 heteroatoms. The van der Waals surface area contributed by atoms with E-state index in [-0.39, 0.29) is 5.85 Å². The van der Waals surface area contributed by atoms with Gasteiger partial charge in [0.2, 0.25) is 0 Å². The number of benzene rings is 2. The van der Waals surface area contributed by atoms with Gasteiger partial charge in [0.15, 0.2) is 7.14 Å². The average molecular weight is 302 g/mol. The van der Waals surface area contributed by atoms with Gasteiger partial charge in [-0.15, -0.1) is 0 Å². The second-order valence-electron chi connectivity index (χ2n) is 5.16. The Morgan fingerprint density at radius 1 is 0.952 bits per heavy atom. The summed E-state index contributed by atoms with van der Waals surface area (Å²) in [5, 5.41) is 1.75. The van der Waals surface area contributed by atoms with Gasteiger partial charge >= 0.3 is 0 Å². The fourth-order valence-electron chi connectivity index (χ4n) is 2.61. The van der Waals surface area contributed by atoms with Crippen LogP contribution in [0.4, 0.5) is 0 Å². The molecule has 0 N–H and O–H groups in total. The fourth-order valence-corrected chi connectivity index (χ4v) is 5.64. The maximum absolute atomic E-state index is 13.9. The zero-order valence-corrected chi connectivity index (χ0v) is 13.6. The van der Waals surface area contributed by atoms with E-state index in [0.29, 0.717) is 0 Å². The summed E-state index contributed by atoms with van der Waals surface area (Å²) in [7, 11) is -1.12. The molecule has 0 aliphatic rings. The number of rotatable bonds is 7. The molecular weight excluding hydrogens is 279 g/mol. The molecule has 0 aromatic heterocycles. The van der Waals surface area contributed by atoms with Gasteiger partial charge in [-0.3, -0.25) is 0 Å². The van der Waals surface area contributed by atoms with Crippen molar-refractivity contribution in [2.24, 2.45) is 0 Å². The number of hydrogen-bond donors (Lipinski definition) is 0. The smallest absolute Gasteiger partial charge is 0.170 e. The van der Waals surface area contributed by atoms with Gasteiger partial charge in [0.25, 0.3) is 0 Å². The second kappa shape index (κ2) is 7.59. The van der Waals surface area contributed by atoms with E-state index in [0.717, 1.165) is 29.9 Å². The van der Waals surface area contributed by atoms with Crippen molar-refractivity contribution in [1.82, 2.24) is 0 Å². The molecule has 0 radical (unpaired) electrons. The monoisotopic (exact) mass is 302 g/mol. The lowest BCUT2D eigenvalue weighted by atomic mass is 10.3. The minimum atomic E-state index is -2.79. The van der Waals surface area contributed by atoms with Crippen LogP contribution in [0.3, 0.4) is 0 Å². The third-order valence-electron chi connectivity index (χ3n) is 3.76. The first-order chi connectivity index (χ1) is 10.2. The lowest BCUT2D eigenvalue weighted by Crippen LogP contribution is -2.27. The first-order valence-corrected chi connectivity index (χ1v) is 9.24. The Labute approximate surface area is 127 Å². The molecule has 21 heavy (non-hydrogen) atoms. The standard InChI is InChI=1S/C18H23O2P/c1-3-4-15-18(20-2)21(19,16-11-7-5-8-12-16)17-13-9-6-10-14-17/h5-14,18H,3-4,15H2,1-2H3. The average Bonchev–Trinajstić information content (AvgIpc) is 2.57. The van der Waals surface area contributed by atoms with E-state index in [9.17, 15) is 4.57 Å². The van der Waals surface area contributed by atoms with Crippen LogP contribution in [0, 0.1) is 0 Å². The van der Waals surface area contributed by atoms with Crippen LogP contribution in [-0.2, 0) is 9.30 Å². The van der Waals surface area contributed by atoms with Gasteiger partial charge in [0.1, 0.15) is 5.85 Å². The van der Waals surface area contributed by atoms with Crippen molar-refractivity contribution in [3.8, 4) is 0 Å². The van der Waals surface area contributed by atoms with Crippen LogP contribution in [0.25, 0.3) is 0 Å². The van der Waals surface area contributed by atoms with E-state index in [2.05, 4.69) is 6.92 Å². The lowest BCUT2D eigenvalue weighted by Gasteiger charge is -2.27. The van der Waals surface area contributed by atoms with Crippen LogP contribution >= 0.6 is 7.14 Å². The van der Waals surface area contributed by atoms with E-state index in [1.807, 2.05) is 60.7 Å². The van der Waals surface area contributed by atoms with Crippen molar-refractivity contribution < 1.29 is 9.30 Å². The molecule has 2 aromatic rings. The molecule has 0 bridgehead atoms. The number of methoxy groups -OCH3 is 1. The minimum absolute atomic E-state index is 0.262. The third-order valence-corrected chi connectivity index (χ3v) is 7.17. The summed E-state index contributed by atoms with van der Waals surface area (Å²) in [4.78, 5) is 0. The molecule has 0 amide bonds. The van der Waals surface area contributed by atoms with Crippen LogP contribution in [0.5, 0.6) is 0 Å². The van der Waals surface area contributed by atoms with Gasteiger partial charge in [-0.25, -0.2) is 0 Å². The van der Waals surface area contributed by atoms with E-state index in [1.54, 1.807) is 7.11 Å². The quantitative estimate of drug-likeness (QED) is 0.718. The highest BCUT2D eigenvalue weighted by molar-refractivity contribution is 7.79. The Hall–Kier alpha value is -1.37. The fraction of sp³-hybridized carbons (Fsp3) is 0.333. The first-order valence-electron chi connectivity index (χ1n) is 7.47. The van der Waals surface area contributed by atoms with Crippen LogP contribution in [0.1, 0.15) is 26.2 Å². The predicted octanol–water partition coefficient (Wildman–Crippen LogP) is 4.16. The number of ether oxygens (including phenoxy) is 1. The summed E-state index contributed by atoms with van der Waals surface area (Å²) in [6.45, 7) is 2.14. The zero-order chi connectivity index (χ0) is 15.1. The summed E-state index contributed by atoms with van der Waals surface area (Å²) in [6, 6.07) is 19.5. The molecule has 0 saturated heterocycles. The van der Waals surface area contributed by atoms with Crippen molar-refractivity contribution >= 4 is 17.8 Å².